The van der Waals surface area contributed by atoms with Gasteiger partial charge >= 0.3 is 0 Å². The van der Waals surface area contributed by atoms with Crippen LogP contribution in [0.4, 0.5) is 11.4 Å². The van der Waals surface area contributed by atoms with Gasteiger partial charge in [-0.25, -0.2) is 0 Å². The lowest BCUT2D eigenvalue weighted by Gasteiger charge is -2.26. The van der Waals surface area contributed by atoms with Crippen LogP contribution in [0.5, 0.6) is 0 Å². The summed E-state index contributed by atoms with van der Waals surface area (Å²) < 4.78 is 0. The number of amides is 1. The van der Waals surface area contributed by atoms with Crippen LogP contribution in [-0.4, -0.2) is 11.7 Å². The molecule has 3 heteroatoms. The predicted molar refractivity (Wildman–Crippen MR) is 101 cm³/mol. The first-order valence-corrected chi connectivity index (χ1v) is 9.13. The molecule has 3 rings (SSSR count). The number of Topliss-reactive ketones (excluding diaryl/α,β-unsaturated/α-hetero) is 1. The molecule has 2 aromatic rings. The van der Waals surface area contributed by atoms with Crippen molar-refractivity contribution in [3.8, 4) is 0 Å². The molecule has 0 aromatic heterocycles. The minimum atomic E-state index is -0.325. The minimum absolute atomic E-state index is 0.0243. The van der Waals surface area contributed by atoms with E-state index in [0.717, 1.165) is 37.1 Å². The van der Waals surface area contributed by atoms with Crippen LogP contribution in [-0.2, 0) is 9.59 Å². The summed E-state index contributed by atoms with van der Waals surface area (Å²) in [6.45, 7) is 1.87. The van der Waals surface area contributed by atoms with Crippen LogP contribution in [0, 0.1) is 11.8 Å². The molecule has 1 saturated carbocycles. The molecular weight excluding hydrogens is 310 g/mol. The summed E-state index contributed by atoms with van der Waals surface area (Å²) in [7, 11) is 0. The van der Waals surface area contributed by atoms with Crippen molar-refractivity contribution in [2.75, 3.05) is 4.90 Å². The SMILES string of the molecule is C[C@H](CC(=O)C1CCCC1)C(=O)N(c1ccccc1)c1ccccc1. The van der Waals surface area contributed by atoms with E-state index in [9.17, 15) is 9.59 Å². The Morgan fingerprint density at radius 3 is 1.88 bits per heavy atom. The lowest BCUT2D eigenvalue weighted by Crippen LogP contribution is -2.33. The first-order valence-electron chi connectivity index (χ1n) is 9.13. The van der Waals surface area contributed by atoms with Gasteiger partial charge in [0, 0.05) is 29.6 Å². The number of hydrogen-bond acceptors (Lipinski definition) is 2. The molecular formula is C22H25NO2. The van der Waals surface area contributed by atoms with E-state index in [-0.39, 0.29) is 23.5 Å². The van der Waals surface area contributed by atoms with Gasteiger partial charge in [0.1, 0.15) is 5.78 Å². The number of carbonyl (C=O) groups excluding carboxylic acids is 2. The van der Waals surface area contributed by atoms with Crippen molar-refractivity contribution in [3.63, 3.8) is 0 Å². The maximum Gasteiger partial charge on any atom is 0.234 e. The summed E-state index contributed by atoms with van der Waals surface area (Å²) in [5.41, 5.74) is 1.66. The average Bonchev–Trinajstić information content (AvgIpc) is 3.18. The highest BCUT2D eigenvalue weighted by atomic mass is 16.2. The number of anilines is 2. The van der Waals surface area contributed by atoms with E-state index in [4.69, 9.17) is 0 Å². The molecule has 0 heterocycles. The third kappa shape index (κ3) is 4.16. The Labute approximate surface area is 149 Å². The molecule has 0 unspecified atom stereocenters. The number of rotatable bonds is 6. The summed E-state index contributed by atoms with van der Waals surface area (Å²) in [6, 6.07) is 19.3. The van der Waals surface area contributed by atoms with Crippen LogP contribution in [0.2, 0.25) is 0 Å². The molecule has 1 atom stereocenters. The fraction of sp³-hybridized carbons (Fsp3) is 0.364. The molecule has 0 spiro atoms. The predicted octanol–water partition coefficient (Wildman–Crippen LogP) is 5.14. The number of hydrogen-bond donors (Lipinski definition) is 0. The highest BCUT2D eigenvalue weighted by Crippen LogP contribution is 2.30. The van der Waals surface area contributed by atoms with Crippen LogP contribution in [0.15, 0.2) is 60.7 Å². The third-order valence-corrected chi connectivity index (χ3v) is 4.99. The first-order chi connectivity index (χ1) is 12.2. The molecule has 1 aliphatic rings. The van der Waals surface area contributed by atoms with Crippen molar-refractivity contribution in [2.45, 2.75) is 39.0 Å². The maximum absolute atomic E-state index is 13.2. The van der Waals surface area contributed by atoms with Crippen molar-refractivity contribution in [1.29, 1.82) is 0 Å². The molecule has 0 saturated heterocycles. The van der Waals surface area contributed by atoms with E-state index < -0.39 is 0 Å². The first kappa shape index (κ1) is 17.4. The Morgan fingerprint density at radius 2 is 1.40 bits per heavy atom. The molecule has 130 valence electrons. The smallest absolute Gasteiger partial charge is 0.234 e. The summed E-state index contributed by atoms with van der Waals surface area (Å²) in [6.07, 6.45) is 4.58. The van der Waals surface area contributed by atoms with Gasteiger partial charge in [-0.2, -0.15) is 0 Å². The summed E-state index contributed by atoms with van der Waals surface area (Å²) in [5.74, 6) is 0.0637. The molecule has 0 aliphatic heterocycles. The van der Waals surface area contributed by atoms with Gasteiger partial charge in [0.2, 0.25) is 5.91 Å². The molecule has 2 aromatic carbocycles. The van der Waals surface area contributed by atoms with Crippen LogP contribution in [0.3, 0.4) is 0 Å². The fourth-order valence-electron chi connectivity index (χ4n) is 3.58. The van der Waals surface area contributed by atoms with Gasteiger partial charge < -0.3 is 0 Å². The molecule has 1 fully saturated rings. The molecule has 0 N–H and O–H groups in total. The monoisotopic (exact) mass is 335 g/mol. The Kier molecular flexibility index (Phi) is 5.64. The zero-order chi connectivity index (χ0) is 17.6. The third-order valence-electron chi connectivity index (χ3n) is 4.99. The van der Waals surface area contributed by atoms with Crippen molar-refractivity contribution < 1.29 is 9.59 Å². The lowest BCUT2D eigenvalue weighted by molar-refractivity contribution is -0.128. The van der Waals surface area contributed by atoms with Gasteiger partial charge in [-0.3, -0.25) is 14.5 Å². The second-order valence-corrected chi connectivity index (χ2v) is 6.90. The van der Waals surface area contributed by atoms with Crippen molar-refractivity contribution >= 4 is 23.1 Å². The Hall–Kier alpha value is -2.42. The highest BCUT2D eigenvalue weighted by Gasteiger charge is 2.29. The second kappa shape index (κ2) is 8.11. The number of nitrogens with zero attached hydrogens (tertiary/aromatic N) is 1. The second-order valence-electron chi connectivity index (χ2n) is 6.90. The highest BCUT2D eigenvalue weighted by molar-refractivity contribution is 6.03. The Bertz CT molecular complexity index is 666. The van der Waals surface area contributed by atoms with Crippen LogP contribution >= 0.6 is 0 Å². The van der Waals surface area contributed by atoms with Crippen molar-refractivity contribution in [2.24, 2.45) is 11.8 Å². The standard InChI is InChI=1S/C22H25NO2/c1-17(16-21(24)18-10-8-9-11-18)22(25)23(19-12-4-2-5-13-19)20-14-6-3-7-15-20/h2-7,12-15,17-18H,8-11,16H2,1H3/t17-/m1/s1. The maximum atomic E-state index is 13.2. The van der Waals surface area contributed by atoms with Crippen LogP contribution < -0.4 is 4.90 Å². The van der Waals surface area contributed by atoms with Gasteiger partial charge in [0.15, 0.2) is 0 Å². The quantitative estimate of drug-likeness (QED) is 0.733. The number of benzene rings is 2. The lowest BCUT2D eigenvalue weighted by atomic mass is 9.93. The van der Waals surface area contributed by atoms with E-state index in [1.165, 1.54) is 0 Å². The number of ketones is 1. The van der Waals surface area contributed by atoms with Crippen LogP contribution in [0.25, 0.3) is 0 Å². The molecule has 1 aliphatic carbocycles. The Balaban J connectivity index is 1.80. The molecule has 0 bridgehead atoms. The molecule has 25 heavy (non-hydrogen) atoms. The van der Waals surface area contributed by atoms with Gasteiger partial charge in [-0.1, -0.05) is 56.2 Å². The molecule has 3 nitrogen and oxygen atoms in total. The number of para-hydroxylation sites is 2. The zero-order valence-corrected chi connectivity index (χ0v) is 14.7. The van der Waals surface area contributed by atoms with Gasteiger partial charge in [0.05, 0.1) is 0 Å². The zero-order valence-electron chi connectivity index (χ0n) is 14.7. The van der Waals surface area contributed by atoms with E-state index in [1.807, 2.05) is 67.6 Å². The van der Waals surface area contributed by atoms with Gasteiger partial charge in [-0.05, 0) is 37.1 Å². The molecule has 1 amide bonds. The van der Waals surface area contributed by atoms with Crippen molar-refractivity contribution in [1.82, 2.24) is 0 Å². The van der Waals surface area contributed by atoms with Crippen molar-refractivity contribution in [3.05, 3.63) is 60.7 Å². The Morgan fingerprint density at radius 1 is 0.920 bits per heavy atom. The summed E-state index contributed by atoms with van der Waals surface area (Å²) >= 11 is 0. The van der Waals surface area contributed by atoms with Crippen LogP contribution in [0.1, 0.15) is 39.0 Å². The van der Waals surface area contributed by atoms with Gasteiger partial charge in [0.25, 0.3) is 0 Å². The normalized spacial score (nSPS) is 15.7. The average molecular weight is 335 g/mol. The summed E-state index contributed by atoms with van der Waals surface area (Å²) in [4.78, 5) is 27.4. The fourth-order valence-corrected chi connectivity index (χ4v) is 3.58. The van der Waals surface area contributed by atoms with E-state index in [1.54, 1.807) is 4.90 Å². The van der Waals surface area contributed by atoms with E-state index in [0.29, 0.717) is 6.42 Å². The number of carbonyl (C=O) groups is 2. The topological polar surface area (TPSA) is 37.4 Å². The summed E-state index contributed by atoms with van der Waals surface area (Å²) in [5, 5.41) is 0. The largest absolute Gasteiger partial charge is 0.299 e. The van der Waals surface area contributed by atoms with Gasteiger partial charge in [-0.15, -0.1) is 0 Å². The molecule has 0 radical (unpaired) electrons. The van der Waals surface area contributed by atoms with E-state index in [2.05, 4.69) is 0 Å². The minimum Gasteiger partial charge on any atom is -0.299 e. The van der Waals surface area contributed by atoms with E-state index >= 15 is 0 Å².